The summed E-state index contributed by atoms with van der Waals surface area (Å²) in [6.07, 6.45) is 5.70. The zero-order valence-electron chi connectivity index (χ0n) is 13.9. The molecule has 0 saturated heterocycles. The van der Waals surface area contributed by atoms with E-state index in [0.29, 0.717) is 17.6 Å². The predicted molar refractivity (Wildman–Crippen MR) is 95.1 cm³/mol. The fraction of sp³-hybridized carbons (Fsp3) is 0.333. The van der Waals surface area contributed by atoms with Crippen molar-refractivity contribution in [2.24, 2.45) is 5.92 Å². The number of rotatable bonds is 1. The fourth-order valence-electron chi connectivity index (χ4n) is 4.57. The molecule has 0 spiro atoms. The first-order valence-corrected chi connectivity index (χ1v) is 8.39. The first-order valence-electron chi connectivity index (χ1n) is 8.39. The molecule has 3 atom stereocenters. The Bertz CT molecular complexity index is 782. The Morgan fingerprint density at radius 2 is 1.83 bits per heavy atom. The van der Waals surface area contributed by atoms with E-state index in [-0.39, 0.29) is 6.04 Å². The fourth-order valence-corrected chi connectivity index (χ4v) is 4.57. The number of anilines is 1. The number of allylic oxidation sites excluding steroid dienone is 2. The molecule has 1 aliphatic heterocycles. The number of fused-ring (bicyclic) bond motifs is 3. The summed E-state index contributed by atoms with van der Waals surface area (Å²) in [5, 5.41) is 14.0. The van der Waals surface area contributed by atoms with Gasteiger partial charge in [0, 0.05) is 5.92 Å². The monoisotopic (exact) mass is 305 g/mol. The molecule has 23 heavy (non-hydrogen) atoms. The van der Waals surface area contributed by atoms with Gasteiger partial charge in [-0.2, -0.15) is 0 Å². The number of benzene rings is 2. The van der Waals surface area contributed by atoms with Crippen LogP contribution in [-0.2, 0) is 0 Å². The van der Waals surface area contributed by atoms with Crippen molar-refractivity contribution in [2.45, 2.75) is 39.2 Å². The van der Waals surface area contributed by atoms with Crippen molar-refractivity contribution in [1.82, 2.24) is 0 Å². The summed E-state index contributed by atoms with van der Waals surface area (Å²) >= 11 is 0. The summed E-state index contributed by atoms with van der Waals surface area (Å²) in [5.41, 5.74) is 7.51. The summed E-state index contributed by atoms with van der Waals surface area (Å²) in [5.74, 6) is 1.27. The molecular weight excluding hydrogens is 282 g/mol. The molecule has 0 radical (unpaired) electrons. The van der Waals surface area contributed by atoms with Crippen molar-refractivity contribution in [3.63, 3.8) is 0 Å². The van der Waals surface area contributed by atoms with Crippen molar-refractivity contribution >= 4 is 5.69 Å². The molecule has 2 heteroatoms. The second-order valence-corrected chi connectivity index (χ2v) is 7.03. The van der Waals surface area contributed by atoms with Crippen LogP contribution in [0, 0.1) is 26.7 Å². The lowest BCUT2D eigenvalue weighted by Crippen LogP contribution is -2.30. The minimum Gasteiger partial charge on any atom is -0.506 e. The highest BCUT2D eigenvalue weighted by Crippen LogP contribution is 2.52. The lowest BCUT2D eigenvalue weighted by atomic mass is 9.75. The van der Waals surface area contributed by atoms with E-state index >= 15 is 0 Å². The summed E-state index contributed by atoms with van der Waals surface area (Å²) < 4.78 is 0. The Morgan fingerprint density at radius 3 is 2.57 bits per heavy atom. The molecule has 2 aliphatic rings. The first kappa shape index (κ1) is 14.4. The van der Waals surface area contributed by atoms with Crippen LogP contribution in [0.4, 0.5) is 5.69 Å². The van der Waals surface area contributed by atoms with Gasteiger partial charge in [-0.1, -0.05) is 42.0 Å². The molecule has 2 nitrogen and oxygen atoms in total. The quantitative estimate of drug-likeness (QED) is 0.564. The van der Waals surface area contributed by atoms with Gasteiger partial charge < -0.3 is 10.4 Å². The molecule has 2 aromatic rings. The summed E-state index contributed by atoms with van der Waals surface area (Å²) in [6, 6.07) is 10.6. The Labute approximate surface area is 137 Å². The van der Waals surface area contributed by atoms with Crippen molar-refractivity contribution in [1.29, 1.82) is 0 Å². The van der Waals surface area contributed by atoms with Gasteiger partial charge in [-0.15, -0.1) is 0 Å². The number of aryl methyl sites for hydroxylation is 3. The van der Waals surface area contributed by atoms with Crippen LogP contribution in [0.3, 0.4) is 0 Å². The maximum atomic E-state index is 10.3. The maximum absolute atomic E-state index is 10.3. The van der Waals surface area contributed by atoms with Crippen molar-refractivity contribution in [3.8, 4) is 5.75 Å². The van der Waals surface area contributed by atoms with Crippen molar-refractivity contribution in [2.75, 3.05) is 5.32 Å². The van der Waals surface area contributed by atoms with Crippen molar-refractivity contribution < 1.29 is 5.11 Å². The van der Waals surface area contributed by atoms with Crippen molar-refractivity contribution in [3.05, 3.63) is 70.3 Å². The number of phenols is 1. The second kappa shape index (κ2) is 5.16. The minimum absolute atomic E-state index is 0.247. The average molecular weight is 305 g/mol. The summed E-state index contributed by atoms with van der Waals surface area (Å²) in [6.45, 7) is 6.56. The topological polar surface area (TPSA) is 32.3 Å². The molecule has 0 fully saturated rings. The van der Waals surface area contributed by atoms with Gasteiger partial charge in [0.15, 0.2) is 0 Å². The predicted octanol–water partition coefficient (Wildman–Crippen LogP) is 5.14. The van der Waals surface area contributed by atoms with E-state index in [2.05, 4.69) is 56.4 Å². The van der Waals surface area contributed by atoms with E-state index in [0.717, 1.165) is 12.1 Å². The van der Waals surface area contributed by atoms with Gasteiger partial charge in [0.2, 0.25) is 0 Å². The van der Waals surface area contributed by atoms with Crippen LogP contribution in [0.15, 0.2) is 42.5 Å². The van der Waals surface area contributed by atoms with Gasteiger partial charge >= 0.3 is 0 Å². The number of para-hydroxylation sites is 1. The Morgan fingerprint density at radius 1 is 1.09 bits per heavy atom. The van der Waals surface area contributed by atoms with Gasteiger partial charge in [0.1, 0.15) is 5.75 Å². The summed E-state index contributed by atoms with van der Waals surface area (Å²) in [4.78, 5) is 0. The molecule has 3 unspecified atom stereocenters. The van der Waals surface area contributed by atoms with E-state index in [9.17, 15) is 5.11 Å². The van der Waals surface area contributed by atoms with Crippen LogP contribution in [0.2, 0.25) is 0 Å². The molecule has 0 bridgehead atoms. The molecule has 4 rings (SSSR count). The van der Waals surface area contributed by atoms with Crippen LogP contribution in [-0.4, -0.2) is 5.11 Å². The molecule has 0 amide bonds. The number of aromatic hydroxyl groups is 1. The van der Waals surface area contributed by atoms with E-state index in [4.69, 9.17) is 0 Å². The van der Waals surface area contributed by atoms with E-state index < -0.39 is 0 Å². The zero-order valence-corrected chi connectivity index (χ0v) is 13.9. The SMILES string of the molecule is Cc1cc(C)c(C2Nc3c(O)cccc3C3C=CCC32)c(C)c1. The molecule has 2 aromatic carbocycles. The van der Waals surface area contributed by atoms with Crippen LogP contribution >= 0.6 is 0 Å². The molecule has 1 aliphatic carbocycles. The van der Waals surface area contributed by atoms with Gasteiger partial charge in [0.25, 0.3) is 0 Å². The van der Waals surface area contributed by atoms with Crippen LogP contribution in [0.25, 0.3) is 0 Å². The highest BCUT2D eigenvalue weighted by atomic mass is 16.3. The van der Waals surface area contributed by atoms with E-state index in [1.165, 1.54) is 27.8 Å². The smallest absolute Gasteiger partial charge is 0.138 e. The number of phenolic OH excluding ortho intramolecular Hbond substituents is 1. The zero-order chi connectivity index (χ0) is 16.1. The molecule has 2 N–H and O–H groups in total. The second-order valence-electron chi connectivity index (χ2n) is 7.03. The van der Waals surface area contributed by atoms with Crippen LogP contribution in [0.1, 0.15) is 46.2 Å². The highest BCUT2D eigenvalue weighted by molar-refractivity contribution is 5.67. The van der Waals surface area contributed by atoms with Crippen LogP contribution < -0.4 is 5.32 Å². The van der Waals surface area contributed by atoms with Gasteiger partial charge in [-0.25, -0.2) is 0 Å². The van der Waals surface area contributed by atoms with E-state index in [1.807, 2.05) is 6.07 Å². The molecular formula is C21H23NO. The standard InChI is InChI=1S/C21H23NO/c1-12-10-13(2)19(14(3)11-12)21-17-7-4-6-15(17)16-8-5-9-18(23)20(16)22-21/h4-6,8-11,15,17,21-23H,7H2,1-3H3. The third-order valence-corrected chi connectivity index (χ3v) is 5.42. The first-order chi connectivity index (χ1) is 11.1. The maximum Gasteiger partial charge on any atom is 0.138 e. The minimum atomic E-state index is 0.247. The molecule has 0 saturated carbocycles. The third kappa shape index (κ3) is 2.16. The summed E-state index contributed by atoms with van der Waals surface area (Å²) in [7, 11) is 0. The number of nitrogens with one attached hydrogen (secondary N) is 1. The number of hydrogen-bond acceptors (Lipinski definition) is 2. The Hall–Kier alpha value is -2.22. The van der Waals surface area contributed by atoms with E-state index in [1.54, 1.807) is 6.07 Å². The third-order valence-electron chi connectivity index (χ3n) is 5.42. The molecule has 1 heterocycles. The van der Waals surface area contributed by atoms with Crippen LogP contribution in [0.5, 0.6) is 5.75 Å². The molecule has 0 aromatic heterocycles. The van der Waals surface area contributed by atoms with Gasteiger partial charge in [0.05, 0.1) is 11.7 Å². The highest BCUT2D eigenvalue weighted by Gasteiger charge is 2.39. The molecule has 118 valence electrons. The van der Waals surface area contributed by atoms with Gasteiger partial charge in [-0.05, 0) is 61.4 Å². The normalized spacial score (nSPS) is 24.9. The Kier molecular flexibility index (Phi) is 3.22. The lowest BCUT2D eigenvalue weighted by Gasteiger charge is -2.39. The van der Waals surface area contributed by atoms with Gasteiger partial charge in [-0.3, -0.25) is 0 Å². The average Bonchev–Trinajstić information content (AvgIpc) is 2.97. The number of hydrogen-bond donors (Lipinski definition) is 2. The largest absolute Gasteiger partial charge is 0.506 e. The Balaban J connectivity index is 1.87. The lowest BCUT2D eigenvalue weighted by molar-refractivity contribution is 0.413.